The molecule has 2 unspecified atom stereocenters. The molecule has 2 heterocycles. The molecule has 1 aromatic carbocycles. The number of benzene rings is 1. The van der Waals surface area contributed by atoms with Crippen molar-refractivity contribution < 1.29 is 4.74 Å². The van der Waals surface area contributed by atoms with Crippen molar-refractivity contribution in [2.24, 2.45) is 9.98 Å². The van der Waals surface area contributed by atoms with Crippen LogP contribution in [0.4, 0.5) is 0 Å². The quantitative estimate of drug-likeness (QED) is 0.787. The van der Waals surface area contributed by atoms with Gasteiger partial charge in [-0.25, -0.2) is 4.99 Å². The van der Waals surface area contributed by atoms with Crippen LogP contribution in [0.1, 0.15) is 5.56 Å². The zero-order valence-electron chi connectivity index (χ0n) is 10.3. The average molecular weight is 269 g/mol. The fourth-order valence-corrected chi connectivity index (χ4v) is 3.33. The molecule has 0 saturated heterocycles. The maximum Gasteiger partial charge on any atom is 0.216 e. The van der Waals surface area contributed by atoms with Gasteiger partial charge in [0, 0.05) is 5.57 Å². The average Bonchev–Trinajstić information content (AvgIpc) is 2.95. The maximum atomic E-state index is 9.34. The standard InChI is InChI=1S/C14H11N3OS/c1-18-14-12-13(19-8-16-12)11(10(7-15)17-14)9-5-3-2-4-6-9/h2-6,8,12-13H,1H3. The molecule has 0 aromatic heterocycles. The molecular weight excluding hydrogens is 258 g/mol. The molecule has 4 nitrogen and oxygen atoms in total. The molecule has 5 heteroatoms. The van der Waals surface area contributed by atoms with Gasteiger partial charge < -0.3 is 4.74 Å². The smallest absolute Gasteiger partial charge is 0.216 e. The van der Waals surface area contributed by atoms with E-state index >= 15 is 0 Å². The van der Waals surface area contributed by atoms with E-state index in [0.717, 1.165) is 11.1 Å². The van der Waals surface area contributed by atoms with Crippen molar-refractivity contribution in [3.63, 3.8) is 0 Å². The molecule has 94 valence electrons. The molecule has 1 aromatic rings. The second kappa shape index (κ2) is 4.90. The van der Waals surface area contributed by atoms with Crippen LogP contribution in [0.25, 0.3) is 5.57 Å². The number of methoxy groups -OCH3 is 1. The van der Waals surface area contributed by atoms with E-state index in [2.05, 4.69) is 16.1 Å². The summed E-state index contributed by atoms with van der Waals surface area (Å²) < 4.78 is 5.26. The van der Waals surface area contributed by atoms with Crippen LogP contribution in [0, 0.1) is 11.3 Å². The molecule has 0 fully saturated rings. The Labute approximate surface area is 115 Å². The molecule has 0 aliphatic carbocycles. The van der Waals surface area contributed by atoms with Crippen LogP contribution < -0.4 is 0 Å². The highest BCUT2D eigenvalue weighted by molar-refractivity contribution is 8.13. The monoisotopic (exact) mass is 269 g/mol. The summed E-state index contributed by atoms with van der Waals surface area (Å²) in [6, 6.07) is 11.9. The van der Waals surface area contributed by atoms with Gasteiger partial charge in [-0.1, -0.05) is 30.3 Å². The molecule has 2 aliphatic rings. The van der Waals surface area contributed by atoms with Crippen LogP contribution in [0.5, 0.6) is 0 Å². The Balaban J connectivity index is 2.16. The van der Waals surface area contributed by atoms with Crippen LogP contribution in [-0.4, -0.2) is 29.8 Å². The molecule has 0 N–H and O–H groups in total. The summed E-state index contributed by atoms with van der Waals surface area (Å²) in [7, 11) is 1.57. The number of hydrogen-bond donors (Lipinski definition) is 0. The van der Waals surface area contributed by atoms with E-state index in [1.807, 2.05) is 35.9 Å². The Morgan fingerprint density at radius 2 is 2.11 bits per heavy atom. The topological polar surface area (TPSA) is 57.7 Å². The summed E-state index contributed by atoms with van der Waals surface area (Å²) in [5.74, 6) is 0.516. The first-order chi connectivity index (χ1) is 9.35. The predicted octanol–water partition coefficient (Wildman–Crippen LogP) is 2.49. The summed E-state index contributed by atoms with van der Waals surface area (Å²) in [6.07, 6.45) is 0. The van der Waals surface area contributed by atoms with Gasteiger partial charge in [0.15, 0.2) is 0 Å². The van der Waals surface area contributed by atoms with Gasteiger partial charge in [0.2, 0.25) is 5.90 Å². The van der Waals surface area contributed by atoms with E-state index in [-0.39, 0.29) is 11.3 Å². The number of allylic oxidation sites excluding steroid dienone is 1. The Morgan fingerprint density at radius 1 is 1.32 bits per heavy atom. The van der Waals surface area contributed by atoms with Crippen LogP contribution in [0.2, 0.25) is 0 Å². The number of nitrogens with zero attached hydrogens (tertiary/aromatic N) is 3. The molecule has 2 aliphatic heterocycles. The summed E-state index contributed by atoms with van der Waals surface area (Å²) in [5.41, 5.74) is 4.19. The van der Waals surface area contributed by atoms with Crippen molar-refractivity contribution in [3.05, 3.63) is 41.6 Å². The lowest BCUT2D eigenvalue weighted by atomic mass is 9.94. The van der Waals surface area contributed by atoms with Crippen LogP contribution in [0.15, 0.2) is 46.0 Å². The van der Waals surface area contributed by atoms with E-state index in [0.29, 0.717) is 11.6 Å². The molecule has 0 radical (unpaired) electrons. The van der Waals surface area contributed by atoms with Crippen molar-refractivity contribution in [2.45, 2.75) is 11.3 Å². The van der Waals surface area contributed by atoms with E-state index < -0.39 is 0 Å². The van der Waals surface area contributed by atoms with E-state index in [1.54, 1.807) is 18.9 Å². The van der Waals surface area contributed by atoms with E-state index in [9.17, 15) is 5.26 Å². The second-order valence-electron chi connectivity index (χ2n) is 4.15. The molecule has 0 amide bonds. The normalized spacial score (nSPS) is 24.7. The van der Waals surface area contributed by atoms with E-state index in [4.69, 9.17) is 4.74 Å². The van der Waals surface area contributed by atoms with Crippen molar-refractivity contribution in [1.82, 2.24) is 0 Å². The van der Waals surface area contributed by atoms with Gasteiger partial charge in [-0.2, -0.15) is 5.26 Å². The predicted molar refractivity (Wildman–Crippen MR) is 77.1 cm³/mol. The van der Waals surface area contributed by atoms with Crippen molar-refractivity contribution >= 4 is 28.8 Å². The van der Waals surface area contributed by atoms with Gasteiger partial charge in [-0.3, -0.25) is 4.99 Å². The van der Waals surface area contributed by atoms with Gasteiger partial charge in [-0.15, -0.1) is 11.8 Å². The zero-order valence-corrected chi connectivity index (χ0v) is 11.1. The summed E-state index contributed by atoms with van der Waals surface area (Å²) >= 11 is 1.61. The Hall–Kier alpha value is -2.06. The number of ether oxygens (including phenoxy) is 1. The SMILES string of the molecule is COC1=NC(C#N)=C(c2ccccc2)C2SC=NC12. The molecule has 3 rings (SSSR count). The first kappa shape index (κ1) is 12.0. The third-order valence-electron chi connectivity index (χ3n) is 3.13. The summed E-state index contributed by atoms with van der Waals surface area (Å²) in [5, 5.41) is 9.41. The summed E-state index contributed by atoms with van der Waals surface area (Å²) in [6.45, 7) is 0. The fourth-order valence-electron chi connectivity index (χ4n) is 2.28. The molecule has 0 saturated carbocycles. The van der Waals surface area contributed by atoms with Gasteiger partial charge in [-0.05, 0) is 5.56 Å². The van der Waals surface area contributed by atoms with Gasteiger partial charge in [0.1, 0.15) is 17.8 Å². The number of thioether (sulfide) groups is 1. The van der Waals surface area contributed by atoms with Crippen LogP contribution in [-0.2, 0) is 4.74 Å². The molecule has 2 atom stereocenters. The minimum atomic E-state index is -0.123. The zero-order chi connectivity index (χ0) is 13.2. The van der Waals surface area contributed by atoms with E-state index in [1.165, 1.54) is 0 Å². The molecule has 0 spiro atoms. The number of aliphatic imine (C=N–C) groups is 2. The van der Waals surface area contributed by atoms with Gasteiger partial charge >= 0.3 is 0 Å². The van der Waals surface area contributed by atoms with Gasteiger partial charge in [0.05, 0.1) is 17.9 Å². The van der Waals surface area contributed by atoms with Crippen molar-refractivity contribution in [2.75, 3.05) is 7.11 Å². The number of rotatable bonds is 1. The molecule has 0 bridgehead atoms. The minimum Gasteiger partial charge on any atom is -0.482 e. The number of nitriles is 1. The number of fused-ring (bicyclic) bond motifs is 1. The lowest BCUT2D eigenvalue weighted by Gasteiger charge is -2.25. The highest BCUT2D eigenvalue weighted by Crippen LogP contribution is 2.40. The highest BCUT2D eigenvalue weighted by Gasteiger charge is 2.39. The molecule has 19 heavy (non-hydrogen) atoms. The largest absolute Gasteiger partial charge is 0.482 e. The second-order valence-corrected chi connectivity index (χ2v) is 5.14. The third-order valence-corrected chi connectivity index (χ3v) is 4.16. The Kier molecular flexibility index (Phi) is 3.10. The maximum absolute atomic E-state index is 9.34. The van der Waals surface area contributed by atoms with Gasteiger partial charge in [0.25, 0.3) is 0 Å². The first-order valence-electron chi connectivity index (χ1n) is 5.84. The van der Waals surface area contributed by atoms with Crippen LogP contribution in [0.3, 0.4) is 0 Å². The Bertz CT molecular complexity index is 628. The lowest BCUT2D eigenvalue weighted by Crippen LogP contribution is -2.33. The van der Waals surface area contributed by atoms with Crippen molar-refractivity contribution in [1.29, 1.82) is 5.26 Å². The highest BCUT2D eigenvalue weighted by atomic mass is 32.2. The summed E-state index contributed by atoms with van der Waals surface area (Å²) in [4.78, 5) is 8.70. The van der Waals surface area contributed by atoms with Crippen LogP contribution >= 0.6 is 11.8 Å². The number of hydrogen-bond acceptors (Lipinski definition) is 5. The first-order valence-corrected chi connectivity index (χ1v) is 6.79. The van der Waals surface area contributed by atoms with Crippen molar-refractivity contribution in [3.8, 4) is 6.07 Å². The minimum absolute atomic E-state index is 0.0736. The fraction of sp³-hybridized carbons (Fsp3) is 0.214. The lowest BCUT2D eigenvalue weighted by molar-refractivity contribution is 0.382. The third kappa shape index (κ3) is 1.94. The molecular formula is C14H11N3OS. The Morgan fingerprint density at radius 3 is 2.79 bits per heavy atom.